The standard InChI is InChI=1S/C16H12Cl2N4O2S2/c1-8(19-14(24)10-3-2-4-11(17)12(10)18)13(23)20-16-22-21-15(26-16)9-5-6-25-7-9/h2-8H,1H3,(H,19,24)(H,20,22,23). The van der Waals surface area contributed by atoms with Crippen molar-refractivity contribution in [2.75, 3.05) is 5.32 Å². The predicted octanol–water partition coefficient (Wildman–Crippen LogP) is 4.33. The number of carbonyl (C=O) groups excluding carboxylic acids is 2. The zero-order valence-corrected chi connectivity index (χ0v) is 16.5. The molecule has 1 unspecified atom stereocenters. The van der Waals surface area contributed by atoms with Gasteiger partial charge < -0.3 is 5.32 Å². The first-order valence-corrected chi connectivity index (χ1v) is 9.89. The van der Waals surface area contributed by atoms with Crippen molar-refractivity contribution >= 4 is 62.8 Å². The maximum Gasteiger partial charge on any atom is 0.253 e. The van der Waals surface area contributed by atoms with Gasteiger partial charge in [-0.05, 0) is 30.5 Å². The van der Waals surface area contributed by atoms with E-state index in [0.717, 1.165) is 5.56 Å². The predicted molar refractivity (Wildman–Crippen MR) is 105 cm³/mol. The lowest BCUT2D eigenvalue weighted by Crippen LogP contribution is -2.41. The molecule has 1 atom stereocenters. The molecule has 0 fully saturated rings. The number of halogens is 2. The summed E-state index contributed by atoms with van der Waals surface area (Å²) in [5, 5.41) is 18.6. The van der Waals surface area contributed by atoms with Crippen molar-refractivity contribution in [2.24, 2.45) is 0 Å². The van der Waals surface area contributed by atoms with Crippen LogP contribution in [0.1, 0.15) is 17.3 Å². The minimum Gasteiger partial charge on any atom is -0.340 e. The number of nitrogens with one attached hydrogen (secondary N) is 2. The molecule has 3 aromatic rings. The summed E-state index contributed by atoms with van der Waals surface area (Å²) in [6.45, 7) is 1.56. The number of benzene rings is 1. The summed E-state index contributed by atoms with van der Waals surface area (Å²) in [6.07, 6.45) is 0. The zero-order chi connectivity index (χ0) is 18.7. The normalized spacial score (nSPS) is 11.8. The van der Waals surface area contributed by atoms with E-state index < -0.39 is 17.9 Å². The van der Waals surface area contributed by atoms with E-state index in [0.29, 0.717) is 10.1 Å². The van der Waals surface area contributed by atoms with Crippen LogP contribution in [0.4, 0.5) is 5.13 Å². The Hall–Kier alpha value is -2.00. The molecule has 2 N–H and O–H groups in total. The van der Waals surface area contributed by atoms with Gasteiger partial charge in [-0.3, -0.25) is 14.9 Å². The molecule has 0 aliphatic rings. The van der Waals surface area contributed by atoms with Crippen LogP contribution in [0.2, 0.25) is 10.0 Å². The van der Waals surface area contributed by atoms with E-state index in [2.05, 4.69) is 20.8 Å². The van der Waals surface area contributed by atoms with Crippen LogP contribution in [0, 0.1) is 0 Å². The Morgan fingerprint density at radius 3 is 2.73 bits per heavy atom. The van der Waals surface area contributed by atoms with Gasteiger partial charge in [0.05, 0.1) is 15.6 Å². The molecule has 0 aliphatic carbocycles. The average Bonchev–Trinajstić information content (AvgIpc) is 3.28. The van der Waals surface area contributed by atoms with Gasteiger partial charge in [-0.15, -0.1) is 10.2 Å². The fraction of sp³-hybridized carbons (Fsp3) is 0.125. The number of nitrogens with zero attached hydrogens (tertiary/aromatic N) is 2. The highest BCUT2D eigenvalue weighted by atomic mass is 35.5. The van der Waals surface area contributed by atoms with Crippen molar-refractivity contribution in [3.63, 3.8) is 0 Å². The molecule has 1 aromatic carbocycles. The molecule has 0 bridgehead atoms. The molecule has 2 aromatic heterocycles. The zero-order valence-electron chi connectivity index (χ0n) is 13.3. The molecule has 10 heteroatoms. The van der Waals surface area contributed by atoms with Gasteiger partial charge in [0.15, 0.2) is 0 Å². The molecule has 0 aliphatic heterocycles. The summed E-state index contributed by atoms with van der Waals surface area (Å²) in [4.78, 5) is 24.6. The summed E-state index contributed by atoms with van der Waals surface area (Å²) in [7, 11) is 0. The van der Waals surface area contributed by atoms with E-state index in [9.17, 15) is 9.59 Å². The number of hydrogen-bond acceptors (Lipinski definition) is 6. The SMILES string of the molecule is CC(NC(=O)c1cccc(Cl)c1Cl)C(=O)Nc1nnc(-c2ccsc2)s1. The van der Waals surface area contributed by atoms with Crippen LogP contribution in [-0.4, -0.2) is 28.1 Å². The Morgan fingerprint density at radius 1 is 1.19 bits per heavy atom. The number of hydrogen-bond donors (Lipinski definition) is 2. The van der Waals surface area contributed by atoms with Gasteiger partial charge in [0.2, 0.25) is 11.0 Å². The quantitative estimate of drug-likeness (QED) is 0.635. The van der Waals surface area contributed by atoms with E-state index in [4.69, 9.17) is 23.2 Å². The number of anilines is 1. The maximum absolute atomic E-state index is 12.3. The van der Waals surface area contributed by atoms with Gasteiger partial charge in [0.25, 0.3) is 5.91 Å². The molecule has 2 amide bonds. The Balaban J connectivity index is 1.63. The second-order valence-corrected chi connectivity index (χ2v) is 7.75. The van der Waals surface area contributed by atoms with E-state index in [1.54, 1.807) is 30.4 Å². The highest BCUT2D eigenvalue weighted by Gasteiger charge is 2.20. The van der Waals surface area contributed by atoms with E-state index in [-0.39, 0.29) is 15.6 Å². The molecular weight excluding hydrogens is 415 g/mol. The first kappa shape index (κ1) is 18.8. The number of carbonyl (C=O) groups is 2. The summed E-state index contributed by atoms with van der Waals surface area (Å²) in [6, 6.07) is 5.85. The number of amides is 2. The van der Waals surface area contributed by atoms with Gasteiger partial charge in [-0.1, -0.05) is 40.6 Å². The first-order chi connectivity index (χ1) is 12.5. The van der Waals surface area contributed by atoms with Crippen molar-refractivity contribution in [1.29, 1.82) is 0 Å². The highest BCUT2D eigenvalue weighted by Crippen LogP contribution is 2.28. The lowest BCUT2D eigenvalue weighted by atomic mass is 10.2. The minimum absolute atomic E-state index is 0.142. The third-order valence-electron chi connectivity index (χ3n) is 3.36. The van der Waals surface area contributed by atoms with Gasteiger partial charge >= 0.3 is 0 Å². The lowest BCUT2D eigenvalue weighted by Gasteiger charge is -2.13. The molecule has 2 heterocycles. The molecule has 134 valence electrons. The largest absolute Gasteiger partial charge is 0.340 e. The Labute approximate surface area is 167 Å². The van der Waals surface area contributed by atoms with Crippen LogP contribution < -0.4 is 10.6 Å². The molecule has 0 saturated carbocycles. The fourth-order valence-electron chi connectivity index (χ4n) is 2.01. The van der Waals surface area contributed by atoms with E-state index in [1.807, 2.05) is 16.8 Å². The summed E-state index contributed by atoms with van der Waals surface area (Å²) >= 11 is 14.7. The van der Waals surface area contributed by atoms with Crippen molar-refractivity contribution in [1.82, 2.24) is 15.5 Å². The van der Waals surface area contributed by atoms with Crippen LogP contribution in [0.25, 0.3) is 10.6 Å². The molecule has 0 spiro atoms. The third-order valence-corrected chi connectivity index (χ3v) is 5.75. The minimum atomic E-state index is -0.800. The maximum atomic E-state index is 12.3. The number of thiophene rings is 1. The van der Waals surface area contributed by atoms with Crippen LogP contribution in [0.15, 0.2) is 35.0 Å². The van der Waals surface area contributed by atoms with Crippen LogP contribution in [0.5, 0.6) is 0 Å². The van der Waals surface area contributed by atoms with Crippen molar-refractivity contribution < 1.29 is 9.59 Å². The molecule has 0 radical (unpaired) electrons. The van der Waals surface area contributed by atoms with Crippen molar-refractivity contribution in [3.05, 3.63) is 50.6 Å². The third kappa shape index (κ3) is 4.21. The fourth-order valence-corrected chi connectivity index (χ4v) is 3.85. The molecule has 6 nitrogen and oxygen atoms in total. The highest BCUT2D eigenvalue weighted by molar-refractivity contribution is 7.19. The van der Waals surface area contributed by atoms with Crippen LogP contribution in [-0.2, 0) is 4.79 Å². The summed E-state index contributed by atoms with van der Waals surface area (Å²) in [5.74, 6) is -0.902. The molecule has 26 heavy (non-hydrogen) atoms. The molecule has 3 rings (SSSR count). The van der Waals surface area contributed by atoms with Crippen LogP contribution in [0.3, 0.4) is 0 Å². The summed E-state index contributed by atoms with van der Waals surface area (Å²) in [5.41, 5.74) is 1.15. The van der Waals surface area contributed by atoms with E-state index in [1.165, 1.54) is 17.4 Å². The summed E-state index contributed by atoms with van der Waals surface area (Å²) < 4.78 is 0. The van der Waals surface area contributed by atoms with Gasteiger partial charge in [-0.2, -0.15) is 11.3 Å². The Kier molecular flexibility index (Phi) is 5.87. The van der Waals surface area contributed by atoms with Gasteiger partial charge in [0, 0.05) is 10.9 Å². The molecular formula is C16H12Cl2N4O2S2. The van der Waals surface area contributed by atoms with Gasteiger partial charge in [0.1, 0.15) is 11.0 Å². The van der Waals surface area contributed by atoms with E-state index >= 15 is 0 Å². The van der Waals surface area contributed by atoms with Crippen molar-refractivity contribution in [2.45, 2.75) is 13.0 Å². The first-order valence-electron chi connectivity index (χ1n) is 7.37. The van der Waals surface area contributed by atoms with Crippen LogP contribution >= 0.6 is 45.9 Å². The second-order valence-electron chi connectivity index (χ2n) is 5.21. The lowest BCUT2D eigenvalue weighted by molar-refractivity contribution is -0.117. The monoisotopic (exact) mass is 426 g/mol. The number of rotatable bonds is 5. The second kappa shape index (κ2) is 8.13. The molecule has 0 saturated heterocycles. The Bertz CT molecular complexity index is 944. The average molecular weight is 427 g/mol. The van der Waals surface area contributed by atoms with Gasteiger partial charge in [-0.25, -0.2) is 0 Å². The smallest absolute Gasteiger partial charge is 0.253 e. The number of aromatic nitrogens is 2. The Morgan fingerprint density at radius 2 is 2.00 bits per heavy atom. The van der Waals surface area contributed by atoms with Crippen molar-refractivity contribution in [3.8, 4) is 10.6 Å². The topological polar surface area (TPSA) is 84.0 Å².